The Morgan fingerprint density at radius 3 is 2.24 bits per heavy atom. The van der Waals surface area contributed by atoms with Gasteiger partial charge in [-0.25, -0.2) is 0 Å². The molecule has 1 aromatic rings. The summed E-state index contributed by atoms with van der Waals surface area (Å²) in [6, 6.07) is 9.06. The van der Waals surface area contributed by atoms with Gasteiger partial charge in [0.05, 0.1) is 0 Å². The molecule has 0 radical (unpaired) electrons. The molecule has 4 aliphatic rings. The Bertz CT molecular complexity index is 932. The predicted octanol–water partition coefficient (Wildman–Crippen LogP) is 8.15. The second-order valence-corrected chi connectivity index (χ2v) is 10.2. The molecule has 0 aliphatic heterocycles. The fraction of sp³-hybridized carbons (Fsp3) is 0.613. The number of ketones is 2. The van der Waals surface area contributed by atoms with Crippen molar-refractivity contribution in [3.05, 3.63) is 58.2 Å². The van der Waals surface area contributed by atoms with Gasteiger partial charge in [0.2, 0.25) is 0 Å². The lowest BCUT2D eigenvalue weighted by Crippen LogP contribution is -2.44. The van der Waals surface area contributed by atoms with Crippen LogP contribution in [-0.4, -0.2) is 11.6 Å². The van der Waals surface area contributed by atoms with Crippen molar-refractivity contribution in [1.29, 1.82) is 0 Å². The first-order chi connectivity index (χ1) is 15.9. The first kappa shape index (κ1) is 25.7. The number of hydrogen-bond donors (Lipinski definition) is 0. The number of allylic oxidation sites excluding steroid dienone is 4. The molecule has 0 heterocycles. The molecule has 0 bridgehead atoms. The van der Waals surface area contributed by atoms with Gasteiger partial charge in [0.15, 0.2) is 5.78 Å². The number of fused-ring (bicyclic) bond motifs is 4. The molecule has 5 atom stereocenters. The summed E-state index contributed by atoms with van der Waals surface area (Å²) in [6.07, 6.45) is 9.00. The van der Waals surface area contributed by atoms with Gasteiger partial charge < -0.3 is 0 Å². The Morgan fingerprint density at radius 1 is 0.939 bits per heavy atom. The van der Waals surface area contributed by atoms with E-state index in [1.165, 1.54) is 28.7 Å². The van der Waals surface area contributed by atoms with E-state index in [2.05, 4.69) is 38.1 Å². The van der Waals surface area contributed by atoms with E-state index in [9.17, 15) is 9.59 Å². The number of rotatable bonds is 2. The molecule has 2 unspecified atom stereocenters. The van der Waals surface area contributed by atoms with Crippen LogP contribution in [0, 0.1) is 30.1 Å². The van der Waals surface area contributed by atoms with Crippen LogP contribution < -0.4 is 0 Å². The maximum Gasteiger partial charge on any atom is 0.156 e. The number of hydrogen-bond acceptors (Lipinski definition) is 2. The van der Waals surface area contributed by atoms with Gasteiger partial charge in [-0.2, -0.15) is 0 Å². The third kappa shape index (κ3) is 4.55. The van der Waals surface area contributed by atoms with Crippen molar-refractivity contribution < 1.29 is 9.59 Å². The minimum absolute atomic E-state index is 0.0990. The van der Waals surface area contributed by atoms with E-state index in [4.69, 9.17) is 0 Å². The molecule has 180 valence electrons. The summed E-state index contributed by atoms with van der Waals surface area (Å²) in [5.74, 6) is 2.45. The monoisotopic (exact) mass is 448 g/mol. The topological polar surface area (TPSA) is 34.1 Å². The van der Waals surface area contributed by atoms with Gasteiger partial charge in [0.25, 0.3) is 0 Å². The maximum absolute atomic E-state index is 12.6. The van der Waals surface area contributed by atoms with Crippen LogP contribution in [0.2, 0.25) is 0 Å². The van der Waals surface area contributed by atoms with Gasteiger partial charge in [0, 0.05) is 18.3 Å². The predicted molar refractivity (Wildman–Crippen MR) is 138 cm³/mol. The van der Waals surface area contributed by atoms with Crippen LogP contribution in [0.4, 0.5) is 0 Å². The molecule has 0 saturated heterocycles. The Kier molecular flexibility index (Phi) is 8.19. The van der Waals surface area contributed by atoms with Crippen LogP contribution in [-0.2, 0) is 9.59 Å². The van der Waals surface area contributed by atoms with Crippen LogP contribution in [0.1, 0.15) is 104 Å². The van der Waals surface area contributed by atoms with Crippen molar-refractivity contribution in [3.63, 3.8) is 0 Å². The molecule has 2 heteroatoms. The summed E-state index contributed by atoms with van der Waals surface area (Å²) in [5.41, 5.74) is 7.23. The van der Waals surface area contributed by atoms with Gasteiger partial charge in [-0.3, -0.25) is 9.59 Å². The van der Waals surface area contributed by atoms with E-state index in [-0.39, 0.29) is 11.3 Å². The van der Waals surface area contributed by atoms with Crippen LogP contribution in [0.15, 0.2) is 47.1 Å². The molecule has 2 nitrogen and oxygen atoms in total. The number of benzene rings is 1. The third-order valence-corrected chi connectivity index (χ3v) is 8.70. The van der Waals surface area contributed by atoms with Crippen molar-refractivity contribution in [1.82, 2.24) is 0 Å². The highest BCUT2D eigenvalue weighted by atomic mass is 16.1. The largest absolute Gasteiger partial charge is 0.300 e. The highest BCUT2D eigenvalue weighted by Crippen LogP contribution is 2.65. The van der Waals surface area contributed by atoms with E-state index in [1.54, 1.807) is 5.57 Å². The number of aryl methyl sites for hydroxylation is 1. The minimum atomic E-state index is 0.0990. The zero-order valence-electron chi connectivity index (χ0n) is 22.0. The lowest BCUT2D eigenvalue weighted by Gasteiger charge is -2.52. The summed E-state index contributed by atoms with van der Waals surface area (Å²) >= 11 is 0. The lowest BCUT2D eigenvalue weighted by molar-refractivity contribution is -0.125. The zero-order valence-corrected chi connectivity index (χ0v) is 22.0. The van der Waals surface area contributed by atoms with Crippen molar-refractivity contribution in [3.8, 4) is 0 Å². The highest BCUT2D eigenvalue weighted by Gasteiger charge is 2.57. The SMILES string of the molecule is CC.CC.CC(=O)[C@H]1CCC2C3CCC4=CC(=O)CCC4=C3[C@@H](c3ccc(C)cc3)C[C@@]21C. The number of carbonyl (C=O) groups excluding carboxylic acids is 2. The number of carbonyl (C=O) groups is 2. The molecule has 33 heavy (non-hydrogen) atoms. The first-order valence-electron chi connectivity index (χ1n) is 13.4. The summed E-state index contributed by atoms with van der Waals surface area (Å²) in [4.78, 5) is 24.6. The summed E-state index contributed by atoms with van der Waals surface area (Å²) in [7, 11) is 0. The molecule has 0 spiro atoms. The second kappa shape index (κ2) is 10.5. The van der Waals surface area contributed by atoms with Crippen LogP contribution >= 0.6 is 0 Å². The summed E-state index contributed by atoms with van der Waals surface area (Å²) in [5, 5.41) is 0. The van der Waals surface area contributed by atoms with Gasteiger partial charge in [-0.1, -0.05) is 70.0 Å². The van der Waals surface area contributed by atoms with Gasteiger partial charge in [0.1, 0.15) is 5.78 Å². The van der Waals surface area contributed by atoms with Crippen molar-refractivity contribution >= 4 is 11.6 Å². The fourth-order valence-electron chi connectivity index (χ4n) is 7.42. The average molecular weight is 449 g/mol. The highest BCUT2D eigenvalue weighted by molar-refractivity contribution is 5.93. The van der Waals surface area contributed by atoms with E-state index in [1.807, 2.05) is 40.7 Å². The zero-order chi connectivity index (χ0) is 24.3. The molecule has 5 rings (SSSR count). The molecule has 4 aliphatic carbocycles. The Balaban J connectivity index is 0.000000728. The van der Waals surface area contributed by atoms with E-state index >= 15 is 0 Å². The van der Waals surface area contributed by atoms with E-state index in [0.29, 0.717) is 35.7 Å². The molecule has 1 aromatic carbocycles. The van der Waals surface area contributed by atoms with E-state index < -0.39 is 0 Å². The molecule has 2 saturated carbocycles. The normalized spacial score (nSPS) is 32.2. The summed E-state index contributed by atoms with van der Waals surface area (Å²) in [6.45, 7) is 14.4. The van der Waals surface area contributed by atoms with Gasteiger partial charge >= 0.3 is 0 Å². The number of Topliss-reactive ketones (excluding diaryl/α,β-unsaturated/α-hetero) is 1. The standard InChI is InChI=1S/C27H32O2.2C2H6/c1-16-4-6-18(7-5-16)23-15-27(3)24(17(2)28)12-13-25(27)22-10-8-19-14-20(29)9-11-21(19)26(22)23;2*1-2/h4-7,14,22-25H,8-13,15H2,1-3H3;2*1-2H3/t22?,23-,24-,25?,27-;;/m1../s1. The smallest absolute Gasteiger partial charge is 0.156 e. The quantitative estimate of drug-likeness (QED) is 0.457. The minimum Gasteiger partial charge on any atom is -0.300 e. The Hall–Kier alpha value is -1.96. The second-order valence-electron chi connectivity index (χ2n) is 10.2. The molecular formula is C31H44O2. The molecule has 0 aromatic heterocycles. The van der Waals surface area contributed by atoms with Crippen LogP contribution in [0.25, 0.3) is 0 Å². The van der Waals surface area contributed by atoms with Gasteiger partial charge in [-0.15, -0.1) is 0 Å². The Morgan fingerprint density at radius 2 is 1.61 bits per heavy atom. The molecule has 0 N–H and O–H groups in total. The third-order valence-electron chi connectivity index (χ3n) is 8.70. The Labute approximate surface area is 201 Å². The van der Waals surface area contributed by atoms with Crippen LogP contribution in [0.3, 0.4) is 0 Å². The molecular weight excluding hydrogens is 404 g/mol. The first-order valence-corrected chi connectivity index (χ1v) is 13.4. The summed E-state index contributed by atoms with van der Waals surface area (Å²) < 4.78 is 0. The molecule has 0 amide bonds. The molecule has 2 fully saturated rings. The van der Waals surface area contributed by atoms with E-state index in [0.717, 1.165) is 32.1 Å². The van der Waals surface area contributed by atoms with Crippen LogP contribution in [0.5, 0.6) is 0 Å². The maximum atomic E-state index is 12.6. The fourth-order valence-corrected chi connectivity index (χ4v) is 7.42. The van der Waals surface area contributed by atoms with Crippen molar-refractivity contribution in [2.24, 2.45) is 23.2 Å². The lowest BCUT2D eigenvalue weighted by atomic mass is 9.51. The van der Waals surface area contributed by atoms with Crippen molar-refractivity contribution in [2.75, 3.05) is 0 Å². The van der Waals surface area contributed by atoms with Crippen molar-refractivity contribution in [2.45, 2.75) is 99.3 Å². The van der Waals surface area contributed by atoms with Gasteiger partial charge in [-0.05, 0) is 92.4 Å². The average Bonchev–Trinajstić information content (AvgIpc) is 3.18.